The van der Waals surface area contributed by atoms with Crippen LogP contribution in [-0.4, -0.2) is 35.7 Å². The molecule has 0 unspecified atom stereocenters. The van der Waals surface area contributed by atoms with Gasteiger partial charge in [-0.3, -0.25) is 4.79 Å². The number of rotatable bonds is 3. The van der Waals surface area contributed by atoms with Gasteiger partial charge < -0.3 is 10.0 Å². The maximum absolute atomic E-state index is 12.1. The van der Waals surface area contributed by atoms with Gasteiger partial charge in [0.1, 0.15) is 13.0 Å². The van der Waals surface area contributed by atoms with Gasteiger partial charge in [0.2, 0.25) is 5.91 Å². The van der Waals surface area contributed by atoms with Crippen molar-refractivity contribution >= 4 is 17.2 Å². The van der Waals surface area contributed by atoms with Crippen molar-refractivity contribution in [3.8, 4) is 11.8 Å². The Morgan fingerprint density at radius 2 is 2.21 bits per heavy atom. The summed E-state index contributed by atoms with van der Waals surface area (Å²) in [6.07, 6.45) is -5.94. The molecule has 1 aromatic heterocycles. The summed E-state index contributed by atoms with van der Waals surface area (Å²) in [7, 11) is 1.33. The zero-order valence-electron chi connectivity index (χ0n) is 10.1. The van der Waals surface area contributed by atoms with Gasteiger partial charge in [0.15, 0.2) is 0 Å². The molecule has 0 aliphatic rings. The standard InChI is InChI=1S/C12H12F3NO2S/c1-16(11(18)6-12(13,14)15)7-10-5-9(8-19-10)3-2-4-17/h5,8,17H,4,6-7H2,1H3. The van der Waals surface area contributed by atoms with Gasteiger partial charge >= 0.3 is 6.18 Å². The van der Waals surface area contributed by atoms with Crippen LogP contribution in [0.3, 0.4) is 0 Å². The highest BCUT2D eigenvalue weighted by atomic mass is 32.1. The molecule has 3 nitrogen and oxygen atoms in total. The van der Waals surface area contributed by atoms with Crippen molar-refractivity contribution < 1.29 is 23.1 Å². The van der Waals surface area contributed by atoms with E-state index in [0.717, 1.165) is 9.78 Å². The molecule has 1 N–H and O–H groups in total. The van der Waals surface area contributed by atoms with Gasteiger partial charge in [-0.1, -0.05) is 11.8 Å². The average molecular weight is 291 g/mol. The van der Waals surface area contributed by atoms with Crippen molar-refractivity contribution in [1.82, 2.24) is 4.90 Å². The second-order valence-electron chi connectivity index (χ2n) is 3.80. The number of hydrogen-bond acceptors (Lipinski definition) is 3. The Morgan fingerprint density at radius 3 is 2.79 bits per heavy atom. The van der Waals surface area contributed by atoms with Crippen molar-refractivity contribution in [1.29, 1.82) is 0 Å². The van der Waals surface area contributed by atoms with E-state index in [1.807, 2.05) is 0 Å². The van der Waals surface area contributed by atoms with Gasteiger partial charge in [-0.2, -0.15) is 13.2 Å². The van der Waals surface area contributed by atoms with Crippen LogP contribution in [0.2, 0.25) is 0 Å². The van der Waals surface area contributed by atoms with Crippen LogP contribution < -0.4 is 0 Å². The number of thiophene rings is 1. The fraction of sp³-hybridized carbons (Fsp3) is 0.417. The minimum Gasteiger partial charge on any atom is -0.384 e. The molecule has 7 heteroatoms. The summed E-state index contributed by atoms with van der Waals surface area (Å²) in [5.74, 6) is 4.18. The highest BCUT2D eigenvalue weighted by molar-refractivity contribution is 7.10. The number of nitrogens with zero attached hydrogens (tertiary/aromatic N) is 1. The predicted octanol–water partition coefficient (Wildman–Crippen LogP) is 2.00. The summed E-state index contributed by atoms with van der Waals surface area (Å²) in [6.45, 7) is -0.143. The topological polar surface area (TPSA) is 40.5 Å². The van der Waals surface area contributed by atoms with Crippen molar-refractivity contribution in [3.05, 3.63) is 21.9 Å². The third-order valence-corrected chi connectivity index (χ3v) is 3.06. The fourth-order valence-electron chi connectivity index (χ4n) is 1.30. The molecular weight excluding hydrogens is 279 g/mol. The zero-order valence-corrected chi connectivity index (χ0v) is 10.9. The smallest absolute Gasteiger partial charge is 0.384 e. The third-order valence-electron chi connectivity index (χ3n) is 2.14. The van der Waals surface area contributed by atoms with E-state index in [2.05, 4.69) is 11.8 Å². The summed E-state index contributed by atoms with van der Waals surface area (Å²) < 4.78 is 36.2. The van der Waals surface area contributed by atoms with E-state index in [4.69, 9.17) is 5.11 Å². The lowest BCUT2D eigenvalue weighted by molar-refractivity contribution is -0.160. The SMILES string of the molecule is CN(Cc1cc(C#CCO)cs1)C(=O)CC(F)(F)F. The summed E-state index contributed by atoms with van der Waals surface area (Å²) in [4.78, 5) is 13.1. The molecule has 0 saturated carbocycles. The molecule has 0 aliphatic carbocycles. The van der Waals surface area contributed by atoms with E-state index in [-0.39, 0.29) is 13.2 Å². The number of alkyl halides is 3. The van der Waals surface area contributed by atoms with Gasteiger partial charge in [-0.25, -0.2) is 0 Å². The molecule has 0 bridgehead atoms. The predicted molar refractivity (Wildman–Crippen MR) is 65.4 cm³/mol. The van der Waals surface area contributed by atoms with Gasteiger partial charge in [-0.15, -0.1) is 11.3 Å². The number of hydrogen-bond donors (Lipinski definition) is 1. The van der Waals surface area contributed by atoms with Crippen molar-refractivity contribution in [2.75, 3.05) is 13.7 Å². The first kappa shape index (κ1) is 15.5. The maximum atomic E-state index is 12.1. The van der Waals surface area contributed by atoms with Crippen molar-refractivity contribution in [2.24, 2.45) is 0 Å². The quantitative estimate of drug-likeness (QED) is 0.865. The van der Waals surface area contributed by atoms with Crippen LogP contribution in [0.1, 0.15) is 16.9 Å². The first-order chi connectivity index (χ1) is 8.81. The molecule has 0 aromatic carbocycles. The van der Waals surface area contributed by atoms with Crippen LogP contribution in [0, 0.1) is 11.8 Å². The third kappa shape index (κ3) is 5.77. The molecule has 1 heterocycles. The minimum atomic E-state index is -4.49. The van der Waals surface area contributed by atoms with Crippen molar-refractivity contribution in [2.45, 2.75) is 19.1 Å². The zero-order chi connectivity index (χ0) is 14.5. The molecule has 0 aliphatic heterocycles. The fourth-order valence-corrected chi connectivity index (χ4v) is 2.17. The largest absolute Gasteiger partial charge is 0.397 e. The van der Waals surface area contributed by atoms with Crippen molar-refractivity contribution in [3.63, 3.8) is 0 Å². The first-order valence-corrected chi connectivity index (χ1v) is 6.17. The van der Waals surface area contributed by atoms with E-state index in [1.54, 1.807) is 11.4 Å². The second kappa shape index (κ2) is 6.59. The number of aliphatic hydroxyl groups excluding tert-OH is 1. The Labute approximate surface area is 112 Å². The average Bonchev–Trinajstić information content (AvgIpc) is 2.71. The summed E-state index contributed by atoms with van der Waals surface area (Å²) >= 11 is 1.30. The Balaban J connectivity index is 2.59. The van der Waals surface area contributed by atoms with Crippen LogP contribution in [0.15, 0.2) is 11.4 Å². The normalized spacial score (nSPS) is 10.8. The Kier molecular flexibility index (Phi) is 5.39. The highest BCUT2D eigenvalue weighted by Crippen LogP contribution is 2.22. The lowest BCUT2D eigenvalue weighted by Crippen LogP contribution is -2.30. The molecule has 1 rings (SSSR count). The molecule has 0 atom stereocenters. The number of carbonyl (C=O) groups excluding carboxylic acids is 1. The molecule has 0 saturated heterocycles. The Hall–Kier alpha value is -1.52. The first-order valence-electron chi connectivity index (χ1n) is 5.29. The maximum Gasteiger partial charge on any atom is 0.397 e. The van der Waals surface area contributed by atoms with Crippen LogP contribution in [0.5, 0.6) is 0 Å². The minimum absolute atomic E-state index is 0.111. The monoisotopic (exact) mass is 291 g/mol. The molecule has 0 fully saturated rings. The number of halogens is 3. The van der Waals surface area contributed by atoms with Gasteiger partial charge in [0.05, 0.1) is 6.54 Å². The van der Waals surface area contributed by atoms with Gasteiger partial charge in [0, 0.05) is 22.9 Å². The van der Waals surface area contributed by atoms with Gasteiger partial charge in [0.25, 0.3) is 0 Å². The summed E-state index contributed by atoms with van der Waals surface area (Å²) in [5.41, 5.74) is 0.672. The highest BCUT2D eigenvalue weighted by Gasteiger charge is 2.32. The summed E-state index contributed by atoms with van der Waals surface area (Å²) in [5, 5.41) is 10.3. The molecule has 1 amide bonds. The number of carbonyl (C=O) groups is 1. The van der Waals surface area contributed by atoms with Crippen LogP contribution in [0.25, 0.3) is 0 Å². The number of aliphatic hydroxyl groups is 1. The molecule has 0 radical (unpaired) electrons. The van der Waals surface area contributed by atoms with E-state index < -0.39 is 18.5 Å². The van der Waals surface area contributed by atoms with E-state index in [1.165, 1.54) is 18.4 Å². The lowest BCUT2D eigenvalue weighted by Gasteiger charge is -2.17. The second-order valence-corrected chi connectivity index (χ2v) is 4.80. The Bertz CT molecular complexity index is 499. The van der Waals surface area contributed by atoms with E-state index >= 15 is 0 Å². The number of amides is 1. The van der Waals surface area contributed by atoms with Crippen LogP contribution in [0.4, 0.5) is 13.2 Å². The van der Waals surface area contributed by atoms with E-state index in [0.29, 0.717) is 5.56 Å². The molecule has 1 aromatic rings. The molecular formula is C12H12F3NO2S. The molecule has 104 valence electrons. The van der Waals surface area contributed by atoms with Gasteiger partial charge in [-0.05, 0) is 6.07 Å². The lowest BCUT2D eigenvalue weighted by atomic mass is 10.3. The van der Waals surface area contributed by atoms with Crippen LogP contribution in [-0.2, 0) is 11.3 Å². The summed E-state index contributed by atoms with van der Waals surface area (Å²) in [6, 6.07) is 1.69. The Morgan fingerprint density at radius 1 is 1.53 bits per heavy atom. The van der Waals surface area contributed by atoms with E-state index in [9.17, 15) is 18.0 Å². The molecule has 19 heavy (non-hydrogen) atoms. The molecule has 0 spiro atoms. The van der Waals surface area contributed by atoms with Crippen LogP contribution >= 0.6 is 11.3 Å².